The Bertz CT molecular complexity index is 756. The summed E-state index contributed by atoms with van der Waals surface area (Å²) in [5.74, 6) is 1.31. The van der Waals surface area contributed by atoms with Crippen molar-refractivity contribution < 1.29 is 9.53 Å². The van der Waals surface area contributed by atoms with Crippen LogP contribution in [0.5, 0.6) is 0 Å². The molecule has 0 spiro atoms. The number of nitrogens with zero attached hydrogens (tertiary/aromatic N) is 3. The minimum Gasteiger partial charge on any atom is -0.381 e. The second-order valence-corrected chi connectivity index (χ2v) is 6.70. The Morgan fingerprint density at radius 1 is 1.16 bits per heavy atom. The zero-order valence-electron chi connectivity index (χ0n) is 14.3. The molecule has 6 heteroatoms. The standard InChI is InChI=1S/C19H22N4O2/c1-13-12-15-4-2-3-5-16(15)23(13)18-7-6-17(21-22-18)20-19(24)14-8-10-25-11-9-14/h2-7,13-14H,8-12H2,1H3,(H,20,21,24). The van der Waals surface area contributed by atoms with Crippen molar-refractivity contribution in [3.05, 3.63) is 42.0 Å². The second kappa shape index (κ2) is 6.80. The van der Waals surface area contributed by atoms with Crippen LogP contribution in [0.25, 0.3) is 0 Å². The number of anilines is 3. The summed E-state index contributed by atoms with van der Waals surface area (Å²) in [4.78, 5) is 14.5. The Morgan fingerprint density at radius 2 is 1.96 bits per heavy atom. The maximum atomic E-state index is 12.3. The fourth-order valence-electron chi connectivity index (χ4n) is 3.62. The molecule has 1 atom stereocenters. The lowest BCUT2D eigenvalue weighted by molar-refractivity contribution is -0.122. The highest BCUT2D eigenvalue weighted by Crippen LogP contribution is 2.36. The van der Waals surface area contributed by atoms with Crippen molar-refractivity contribution in [3.8, 4) is 0 Å². The van der Waals surface area contributed by atoms with Crippen molar-refractivity contribution in [2.45, 2.75) is 32.2 Å². The van der Waals surface area contributed by atoms with Crippen LogP contribution in [0.4, 0.5) is 17.3 Å². The number of hydrogen-bond donors (Lipinski definition) is 1. The van der Waals surface area contributed by atoms with Crippen molar-refractivity contribution in [3.63, 3.8) is 0 Å². The van der Waals surface area contributed by atoms with E-state index in [1.54, 1.807) is 0 Å². The smallest absolute Gasteiger partial charge is 0.228 e. The van der Waals surface area contributed by atoms with E-state index in [-0.39, 0.29) is 11.8 Å². The van der Waals surface area contributed by atoms with Crippen LogP contribution >= 0.6 is 0 Å². The van der Waals surface area contributed by atoms with E-state index in [9.17, 15) is 4.79 Å². The van der Waals surface area contributed by atoms with E-state index >= 15 is 0 Å². The molecule has 2 aromatic rings. The SMILES string of the molecule is CC1Cc2ccccc2N1c1ccc(NC(=O)C2CCOCC2)nn1. The lowest BCUT2D eigenvalue weighted by atomic mass is 9.99. The zero-order valence-corrected chi connectivity index (χ0v) is 14.3. The first kappa shape index (κ1) is 16.0. The van der Waals surface area contributed by atoms with Gasteiger partial charge in [0, 0.05) is 30.9 Å². The molecule has 1 N–H and O–H groups in total. The first-order valence-electron chi connectivity index (χ1n) is 8.82. The van der Waals surface area contributed by atoms with Crippen LogP contribution in [0.1, 0.15) is 25.3 Å². The van der Waals surface area contributed by atoms with Crippen molar-refractivity contribution in [2.24, 2.45) is 5.92 Å². The van der Waals surface area contributed by atoms with E-state index in [4.69, 9.17) is 4.74 Å². The van der Waals surface area contributed by atoms with Crippen LogP contribution in [0.3, 0.4) is 0 Å². The van der Waals surface area contributed by atoms with E-state index in [1.165, 1.54) is 11.3 Å². The number of amides is 1. The molecule has 0 aliphatic carbocycles. The molecule has 1 saturated heterocycles. The van der Waals surface area contributed by atoms with Gasteiger partial charge in [0.15, 0.2) is 11.6 Å². The van der Waals surface area contributed by atoms with Gasteiger partial charge in [-0.3, -0.25) is 4.79 Å². The maximum Gasteiger partial charge on any atom is 0.228 e. The fraction of sp³-hybridized carbons (Fsp3) is 0.421. The van der Waals surface area contributed by atoms with Crippen molar-refractivity contribution >= 4 is 23.2 Å². The number of rotatable bonds is 3. The first-order chi connectivity index (χ1) is 12.2. The highest BCUT2D eigenvalue weighted by atomic mass is 16.5. The number of fused-ring (bicyclic) bond motifs is 1. The minimum atomic E-state index is 0.000655. The molecule has 0 radical (unpaired) electrons. The third kappa shape index (κ3) is 3.22. The van der Waals surface area contributed by atoms with Gasteiger partial charge in [-0.1, -0.05) is 18.2 Å². The fourth-order valence-corrected chi connectivity index (χ4v) is 3.62. The molecule has 0 saturated carbocycles. The summed E-state index contributed by atoms with van der Waals surface area (Å²) in [7, 11) is 0. The van der Waals surface area contributed by atoms with Crippen LogP contribution < -0.4 is 10.2 Å². The highest BCUT2D eigenvalue weighted by molar-refractivity contribution is 5.91. The van der Waals surface area contributed by atoms with Crippen LogP contribution in [0, 0.1) is 5.92 Å². The number of ether oxygens (including phenoxy) is 1. The number of para-hydroxylation sites is 1. The molecule has 1 fully saturated rings. The third-order valence-corrected chi connectivity index (χ3v) is 4.95. The monoisotopic (exact) mass is 338 g/mol. The Labute approximate surface area is 147 Å². The summed E-state index contributed by atoms with van der Waals surface area (Å²) in [5.41, 5.74) is 2.51. The highest BCUT2D eigenvalue weighted by Gasteiger charge is 2.28. The molecule has 1 amide bonds. The number of carbonyl (C=O) groups is 1. The zero-order chi connectivity index (χ0) is 17.2. The average molecular weight is 338 g/mol. The van der Waals surface area contributed by atoms with Gasteiger partial charge in [0.25, 0.3) is 0 Å². The Hall–Kier alpha value is -2.47. The third-order valence-electron chi connectivity index (χ3n) is 4.95. The molecular weight excluding hydrogens is 316 g/mol. The van der Waals surface area contributed by atoms with Gasteiger partial charge in [0.1, 0.15) is 0 Å². The summed E-state index contributed by atoms with van der Waals surface area (Å²) < 4.78 is 5.30. The molecular formula is C19H22N4O2. The summed E-state index contributed by atoms with van der Waals surface area (Å²) in [6, 6.07) is 12.5. The molecule has 4 rings (SSSR count). The van der Waals surface area contributed by atoms with E-state index in [2.05, 4.69) is 45.5 Å². The van der Waals surface area contributed by atoms with Crippen molar-refractivity contribution in [1.82, 2.24) is 10.2 Å². The van der Waals surface area contributed by atoms with Gasteiger partial charge < -0.3 is 15.0 Å². The lowest BCUT2D eigenvalue weighted by Crippen LogP contribution is -2.29. The van der Waals surface area contributed by atoms with Gasteiger partial charge in [-0.15, -0.1) is 10.2 Å². The Balaban J connectivity index is 1.48. The Kier molecular flexibility index (Phi) is 4.36. The number of aromatic nitrogens is 2. The van der Waals surface area contributed by atoms with Crippen molar-refractivity contribution in [2.75, 3.05) is 23.4 Å². The topological polar surface area (TPSA) is 67.4 Å². The average Bonchev–Trinajstić information content (AvgIpc) is 2.99. The van der Waals surface area contributed by atoms with Gasteiger partial charge >= 0.3 is 0 Å². The van der Waals surface area contributed by atoms with Crippen LogP contribution in [-0.2, 0) is 16.0 Å². The summed E-state index contributed by atoms with van der Waals surface area (Å²) in [6.07, 6.45) is 2.53. The molecule has 130 valence electrons. The van der Waals surface area contributed by atoms with Crippen LogP contribution in [0.2, 0.25) is 0 Å². The number of benzene rings is 1. The summed E-state index contributed by atoms with van der Waals surface area (Å²) in [5, 5.41) is 11.4. The van der Waals surface area contributed by atoms with Gasteiger partial charge in [0.2, 0.25) is 5.91 Å². The molecule has 1 unspecified atom stereocenters. The molecule has 1 aromatic carbocycles. The van der Waals surface area contributed by atoms with Gasteiger partial charge in [-0.2, -0.15) is 0 Å². The van der Waals surface area contributed by atoms with Crippen LogP contribution in [-0.4, -0.2) is 35.4 Å². The molecule has 6 nitrogen and oxygen atoms in total. The van der Waals surface area contributed by atoms with Gasteiger partial charge in [0.05, 0.1) is 0 Å². The summed E-state index contributed by atoms with van der Waals surface area (Å²) >= 11 is 0. The summed E-state index contributed by atoms with van der Waals surface area (Å²) in [6.45, 7) is 3.48. The largest absolute Gasteiger partial charge is 0.381 e. The molecule has 2 aliphatic heterocycles. The predicted molar refractivity (Wildman–Crippen MR) is 96.0 cm³/mol. The molecule has 0 bridgehead atoms. The molecule has 3 heterocycles. The second-order valence-electron chi connectivity index (χ2n) is 6.70. The maximum absolute atomic E-state index is 12.3. The van der Waals surface area contributed by atoms with Gasteiger partial charge in [-0.25, -0.2) is 0 Å². The molecule has 2 aliphatic rings. The van der Waals surface area contributed by atoms with E-state index in [1.807, 2.05) is 18.2 Å². The molecule has 25 heavy (non-hydrogen) atoms. The minimum absolute atomic E-state index is 0.000655. The van der Waals surface area contributed by atoms with E-state index in [0.717, 1.165) is 25.1 Å². The first-order valence-corrected chi connectivity index (χ1v) is 8.82. The quantitative estimate of drug-likeness (QED) is 0.932. The lowest BCUT2D eigenvalue weighted by Gasteiger charge is -2.23. The van der Waals surface area contributed by atoms with Gasteiger partial charge in [-0.05, 0) is 49.9 Å². The number of carbonyl (C=O) groups excluding carboxylic acids is 1. The number of nitrogens with one attached hydrogen (secondary N) is 1. The Morgan fingerprint density at radius 3 is 2.72 bits per heavy atom. The van der Waals surface area contributed by atoms with E-state index < -0.39 is 0 Å². The predicted octanol–water partition coefficient (Wildman–Crippen LogP) is 2.92. The van der Waals surface area contributed by atoms with Crippen molar-refractivity contribution in [1.29, 1.82) is 0 Å². The number of hydrogen-bond acceptors (Lipinski definition) is 5. The van der Waals surface area contributed by atoms with E-state index in [0.29, 0.717) is 25.1 Å². The normalized spacial score (nSPS) is 20.4. The molecule has 1 aromatic heterocycles. The van der Waals surface area contributed by atoms with Crippen LogP contribution in [0.15, 0.2) is 36.4 Å².